The molecule has 1 rings (SSSR count). The van der Waals surface area contributed by atoms with Crippen LogP contribution in [0.5, 0.6) is 5.75 Å². The third-order valence-electron chi connectivity index (χ3n) is 2.02. The van der Waals surface area contributed by atoms with Crippen LogP contribution >= 0.6 is 0 Å². The summed E-state index contributed by atoms with van der Waals surface area (Å²) in [7, 11) is 0. The van der Waals surface area contributed by atoms with Crippen LogP contribution < -0.4 is 4.74 Å². The first kappa shape index (κ1) is 13.3. The van der Waals surface area contributed by atoms with Gasteiger partial charge in [0.15, 0.2) is 0 Å². The van der Waals surface area contributed by atoms with E-state index in [4.69, 9.17) is 9.47 Å². The van der Waals surface area contributed by atoms with Crippen LogP contribution in [0.1, 0.15) is 19.8 Å². The van der Waals surface area contributed by atoms with E-state index in [0.29, 0.717) is 26.1 Å². The molecule has 0 saturated carbocycles. The zero-order valence-corrected chi connectivity index (χ0v) is 10.1. The highest BCUT2D eigenvalue weighted by molar-refractivity contribution is 5.69. The summed E-state index contributed by atoms with van der Waals surface area (Å²) < 4.78 is 10.4. The van der Waals surface area contributed by atoms with Gasteiger partial charge in [0.1, 0.15) is 12.4 Å². The van der Waals surface area contributed by atoms with E-state index < -0.39 is 0 Å². The number of rotatable bonds is 7. The summed E-state index contributed by atoms with van der Waals surface area (Å²) in [5.41, 5.74) is 0.846. The summed E-state index contributed by atoms with van der Waals surface area (Å²) in [5.74, 6) is 0.618. The molecule has 0 fully saturated rings. The predicted octanol–water partition coefficient (Wildman–Crippen LogP) is 2.96. The van der Waals surface area contributed by atoms with E-state index in [0.717, 1.165) is 11.3 Å². The lowest BCUT2D eigenvalue weighted by Crippen LogP contribution is -2.08. The molecule has 17 heavy (non-hydrogen) atoms. The van der Waals surface area contributed by atoms with E-state index in [2.05, 4.69) is 6.58 Å². The lowest BCUT2D eigenvalue weighted by atomic mass is 10.3. The molecule has 3 nitrogen and oxygen atoms in total. The monoisotopic (exact) mass is 234 g/mol. The number of ether oxygens (including phenoxy) is 2. The normalized spacial score (nSPS) is 9.71. The largest absolute Gasteiger partial charge is 0.494 e. The van der Waals surface area contributed by atoms with Gasteiger partial charge in [-0.25, -0.2) is 0 Å². The van der Waals surface area contributed by atoms with Gasteiger partial charge in [-0.2, -0.15) is 0 Å². The van der Waals surface area contributed by atoms with Crippen LogP contribution in [0.25, 0.3) is 0 Å². The molecule has 0 N–H and O–H groups in total. The fourth-order valence-electron chi connectivity index (χ4n) is 1.20. The Balaban J connectivity index is 2.08. The van der Waals surface area contributed by atoms with Crippen molar-refractivity contribution in [2.24, 2.45) is 0 Å². The predicted molar refractivity (Wildman–Crippen MR) is 66.9 cm³/mol. The van der Waals surface area contributed by atoms with Crippen molar-refractivity contribution < 1.29 is 14.3 Å². The van der Waals surface area contributed by atoms with Gasteiger partial charge in [-0.15, -0.1) is 0 Å². The molecule has 0 radical (unpaired) electrons. The van der Waals surface area contributed by atoms with Crippen LogP contribution in [0, 0.1) is 0 Å². The van der Waals surface area contributed by atoms with Crippen molar-refractivity contribution in [3.05, 3.63) is 42.5 Å². The summed E-state index contributed by atoms with van der Waals surface area (Å²) in [6, 6.07) is 9.54. The molecular weight excluding hydrogens is 216 g/mol. The van der Waals surface area contributed by atoms with E-state index in [9.17, 15) is 4.79 Å². The second-order valence-electron chi connectivity index (χ2n) is 3.88. The van der Waals surface area contributed by atoms with E-state index in [-0.39, 0.29) is 5.97 Å². The van der Waals surface area contributed by atoms with Gasteiger partial charge in [0.25, 0.3) is 0 Å². The Kier molecular flexibility index (Phi) is 5.86. The highest BCUT2D eigenvalue weighted by atomic mass is 16.5. The first-order valence-corrected chi connectivity index (χ1v) is 5.66. The first-order valence-electron chi connectivity index (χ1n) is 5.66. The Hall–Kier alpha value is -1.77. The maximum Gasteiger partial charge on any atom is 0.306 e. The molecule has 3 heteroatoms. The molecular formula is C14H18O3. The van der Waals surface area contributed by atoms with Gasteiger partial charge in [-0.1, -0.05) is 24.8 Å². The van der Waals surface area contributed by atoms with Crippen molar-refractivity contribution in [3.8, 4) is 5.75 Å². The number of esters is 1. The van der Waals surface area contributed by atoms with Crippen molar-refractivity contribution in [2.75, 3.05) is 13.2 Å². The van der Waals surface area contributed by atoms with E-state index >= 15 is 0 Å². The number of carbonyl (C=O) groups excluding carboxylic acids is 1. The third kappa shape index (κ3) is 6.40. The summed E-state index contributed by atoms with van der Waals surface area (Å²) in [6.45, 7) is 6.31. The standard InChI is InChI=1S/C14H18O3/c1-12(2)11-17-14(15)9-6-10-16-13-7-4-3-5-8-13/h3-5,7-8H,1,6,9-11H2,2H3. The minimum Gasteiger partial charge on any atom is -0.494 e. The summed E-state index contributed by atoms with van der Waals surface area (Å²) in [6.07, 6.45) is 1.03. The zero-order valence-electron chi connectivity index (χ0n) is 10.1. The Morgan fingerprint density at radius 1 is 1.29 bits per heavy atom. The molecule has 0 bridgehead atoms. The lowest BCUT2D eigenvalue weighted by Gasteiger charge is -2.06. The molecule has 0 atom stereocenters. The second-order valence-corrected chi connectivity index (χ2v) is 3.88. The summed E-state index contributed by atoms with van der Waals surface area (Å²) in [5, 5.41) is 0. The molecule has 92 valence electrons. The fourth-order valence-corrected chi connectivity index (χ4v) is 1.20. The molecule has 1 aromatic rings. The van der Waals surface area contributed by atoms with Crippen LogP contribution in [0.4, 0.5) is 0 Å². The van der Waals surface area contributed by atoms with Crippen LogP contribution in [-0.2, 0) is 9.53 Å². The van der Waals surface area contributed by atoms with E-state index in [1.165, 1.54) is 0 Å². The molecule has 0 aliphatic heterocycles. The van der Waals surface area contributed by atoms with Crippen molar-refractivity contribution in [1.29, 1.82) is 0 Å². The molecule has 0 heterocycles. The maximum atomic E-state index is 11.2. The summed E-state index contributed by atoms with van der Waals surface area (Å²) >= 11 is 0. The van der Waals surface area contributed by atoms with Crippen LogP contribution in [0.15, 0.2) is 42.5 Å². The quantitative estimate of drug-likeness (QED) is 0.413. The molecule has 0 aliphatic carbocycles. The van der Waals surface area contributed by atoms with Gasteiger partial charge in [0.2, 0.25) is 0 Å². The van der Waals surface area contributed by atoms with Gasteiger partial charge in [-0.05, 0) is 31.1 Å². The van der Waals surface area contributed by atoms with Crippen molar-refractivity contribution >= 4 is 5.97 Å². The molecule has 0 amide bonds. The Morgan fingerprint density at radius 2 is 2.00 bits per heavy atom. The smallest absolute Gasteiger partial charge is 0.306 e. The molecule has 0 spiro atoms. The lowest BCUT2D eigenvalue weighted by molar-refractivity contribution is -0.142. The van der Waals surface area contributed by atoms with Crippen LogP contribution in [0.3, 0.4) is 0 Å². The average molecular weight is 234 g/mol. The van der Waals surface area contributed by atoms with Crippen molar-refractivity contribution in [2.45, 2.75) is 19.8 Å². The van der Waals surface area contributed by atoms with Gasteiger partial charge >= 0.3 is 5.97 Å². The molecule has 1 aromatic carbocycles. The number of para-hydroxylation sites is 1. The van der Waals surface area contributed by atoms with E-state index in [1.54, 1.807) is 0 Å². The van der Waals surface area contributed by atoms with Crippen LogP contribution in [0.2, 0.25) is 0 Å². The average Bonchev–Trinajstić information content (AvgIpc) is 2.33. The molecule has 0 aliphatic rings. The van der Waals surface area contributed by atoms with Crippen molar-refractivity contribution in [1.82, 2.24) is 0 Å². The van der Waals surface area contributed by atoms with Crippen LogP contribution in [-0.4, -0.2) is 19.2 Å². The van der Waals surface area contributed by atoms with Gasteiger partial charge < -0.3 is 9.47 Å². The number of carbonyl (C=O) groups is 1. The second kappa shape index (κ2) is 7.49. The highest BCUT2D eigenvalue weighted by Crippen LogP contribution is 2.08. The molecule has 0 saturated heterocycles. The molecule has 0 aromatic heterocycles. The Bertz CT molecular complexity index is 357. The SMILES string of the molecule is C=C(C)COC(=O)CCCOc1ccccc1. The zero-order chi connectivity index (χ0) is 12.5. The number of hydrogen-bond acceptors (Lipinski definition) is 3. The summed E-state index contributed by atoms with van der Waals surface area (Å²) in [4.78, 5) is 11.2. The minimum atomic E-state index is -0.204. The third-order valence-corrected chi connectivity index (χ3v) is 2.02. The fraction of sp³-hybridized carbons (Fsp3) is 0.357. The van der Waals surface area contributed by atoms with Crippen molar-refractivity contribution in [3.63, 3.8) is 0 Å². The molecule has 0 unspecified atom stereocenters. The highest BCUT2D eigenvalue weighted by Gasteiger charge is 2.02. The number of benzene rings is 1. The topological polar surface area (TPSA) is 35.5 Å². The Morgan fingerprint density at radius 3 is 2.65 bits per heavy atom. The number of hydrogen-bond donors (Lipinski definition) is 0. The van der Waals surface area contributed by atoms with Gasteiger partial charge in [-0.3, -0.25) is 4.79 Å². The Labute approximate surface area is 102 Å². The maximum absolute atomic E-state index is 11.2. The van der Waals surface area contributed by atoms with Gasteiger partial charge in [0.05, 0.1) is 6.61 Å². The van der Waals surface area contributed by atoms with Gasteiger partial charge in [0, 0.05) is 6.42 Å². The van der Waals surface area contributed by atoms with E-state index in [1.807, 2.05) is 37.3 Å². The minimum absolute atomic E-state index is 0.204. The first-order chi connectivity index (χ1) is 8.18.